The largest absolute Gasteiger partial charge is 0.480 e. The van der Waals surface area contributed by atoms with Crippen LogP contribution in [0.2, 0.25) is 0 Å². The monoisotopic (exact) mass is 329 g/mol. The molecular formula is C19H23NO4. The molecule has 0 unspecified atom stereocenters. The van der Waals surface area contributed by atoms with Crippen LogP contribution in [0.5, 0.6) is 0 Å². The van der Waals surface area contributed by atoms with E-state index in [0.29, 0.717) is 18.8 Å². The maximum Gasteiger partial charge on any atom is 0.328 e. The molecule has 1 aromatic carbocycles. The summed E-state index contributed by atoms with van der Waals surface area (Å²) in [4.78, 5) is 25.8. The normalized spacial score (nSPS) is 30.1. The van der Waals surface area contributed by atoms with Crippen molar-refractivity contribution in [1.29, 1.82) is 0 Å². The first kappa shape index (κ1) is 16.7. The Hall–Kier alpha value is -2.14. The Labute approximate surface area is 141 Å². The molecule has 1 saturated heterocycles. The van der Waals surface area contributed by atoms with Crippen molar-refractivity contribution in [2.75, 3.05) is 6.61 Å². The average molecular weight is 329 g/mol. The lowest BCUT2D eigenvalue weighted by molar-refractivity contribution is -0.160. The number of amides is 1. The van der Waals surface area contributed by atoms with Crippen molar-refractivity contribution in [1.82, 2.24) is 4.90 Å². The minimum atomic E-state index is -1.01. The summed E-state index contributed by atoms with van der Waals surface area (Å²) in [6, 6.07) is 8.59. The quantitative estimate of drug-likeness (QED) is 0.866. The summed E-state index contributed by atoms with van der Waals surface area (Å²) in [5.41, 5.74) is 0.150. The zero-order valence-corrected chi connectivity index (χ0v) is 13.9. The maximum atomic E-state index is 12.8. The lowest BCUT2D eigenvalue weighted by atomic mass is 9.83. The molecule has 0 aromatic heterocycles. The Morgan fingerprint density at radius 1 is 1.25 bits per heavy atom. The molecule has 0 bridgehead atoms. The van der Waals surface area contributed by atoms with E-state index >= 15 is 0 Å². The predicted molar refractivity (Wildman–Crippen MR) is 90.1 cm³/mol. The second-order valence-electron chi connectivity index (χ2n) is 6.75. The van der Waals surface area contributed by atoms with Crippen LogP contribution in [0, 0.1) is 5.92 Å². The number of hydrogen-bond donors (Lipinski definition) is 1. The SMILES string of the molecule is CC1CCC2(CC1)OC[C@@H](C(=O)O)N2C(=O)/C=C\c1ccccc1. The summed E-state index contributed by atoms with van der Waals surface area (Å²) in [7, 11) is 0. The Bertz CT molecular complexity index is 632. The smallest absolute Gasteiger partial charge is 0.328 e. The molecule has 1 aliphatic carbocycles. The van der Waals surface area contributed by atoms with Gasteiger partial charge in [0.15, 0.2) is 6.04 Å². The van der Waals surface area contributed by atoms with Crippen LogP contribution >= 0.6 is 0 Å². The van der Waals surface area contributed by atoms with Crippen LogP contribution in [-0.4, -0.2) is 40.3 Å². The van der Waals surface area contributed by atoms with E-state index in [1.165, 1.54) is 11.0 Å². The highest BCUT2D eigenvalue weighted by Gasteiger charge is 2.53. The highest BCUT2D eigenvalue weighted by atomic mass is 16.5. The van der Waals surface area contributed by atoms with Crippen molar-refractivity contribution in [2.45, 2.75) is 44.4 Å². The van der Waals surface area contributed by atoms with Gasteiger partial charge in [0.2, 0.25) is 5.91 Å². The van der Waals surface area contributed by atoms with Gasteiger partial charge in [-0.25, -0.2) is 4.79 Å². The molecule has 1 spiro atoms. The zero-order valence-electron chi connectivity index (χ0n) is 13.9. The zero-order chi connectivity index (χ0) is 17.2. The molecule has 1 saturated carbocycles. The first-order valence-electron chi connectivity index (χ1n) is 8.45. The second-order valence-corrected chi connectivity index (χ2v) is 6.75. The third-order valence-electron chi connectivity index (χ3n) is 5.06. The number of benzene rings is 1. The van der Waals surface area contributed by atoms with E-state index in [9.17, 15) is 14.7 Å². The Morgan fingerprint density at radius 3 is 2.54 bits per heavy atom. The Kier molecular flexibility index (Phi) is 4.71. The lowest BCUT2D eigenvalue weighted by Gasteiger charge is -2.42. The fraction of sp³-hybridized carbons (Fsp3) is 0.474. The highest BCUT2D eigenvalue weighted by molar-refractivity contribution is 5.95. The number of carbonyl (C=O) groups excluding carboxylic acids is 1. The van der Waals surface area contributed by atoms with E-state index in [1.54, 1.807) is 6.08 Å². The molecule has 1 N–H and O–H groups in total. The summed E-state index contributed by atoms with van der Waals surface area (Å²) in [6.45, 7) is 2.24. The van der Waals surface area contributed by atoms with Crippen LogP contribution in [0.25, 0.3) is 6.08 Å². The standard InChI is InChI=1S/C19H23NO4/c1-14-9-11-19(12-10-14)20(16(13-24-19)18(22)23)17(21)8-7-15-5-3-2-4-6-15/h2-8,14,16H,9-13H2,1H3,(H,22,23)/b8-7-/t14?,16-,19?/m0/s1. The van der Waals surface area contributed by atoms with Crippen LogP contribution in [0.4, 0.5) is 0 Å². The first-order chi connectivity index (χ1) is 11.5. The molecule has 0 radical (unpaired) electrons. The first-order valence-corrected chi connectivity index (χ1v) is 8.45. The Morgan fingerprint density at radius 2 is 1.92 bits per heavy atom. The number of nitrogens with zero attached hydrogens (tertiary/aromatic N) is 1. The molecule has 1 aliphatic heterocycles. The second kappa shape index (κ2) is 6.77. The molecule has 2 aliphatic rings. The average Bonchev–Trinajstić information content (AvgIpc) is 2.96. The summed E-state index contributed by atoms with van der Waals surface area (Å²) >= 11 is 0. The van der Waals surface area contributed by atoms with Crippen molar-refractivity contribution >= 4 is 18.0 Å². The third kappa shape index (κ3) is 3.22. The van der Waals surface area contributed by atoms with Gasteiger partial charge >= 0.3 is 5.97 Å². The number of carboxylic acids is 1. The fourth-order valence-corrected chi connectivity index (χ4v) is 3.61. The van der Waals surface area contributed by atoms with E-state index in [1.807, 2.05) is 30.3 Å². The van der Waals surface area contributed by atoms with Gasteiger partial charge in [-0.05, 0) is 43.2 Å². The van der Waals surface area contributed by atoms with Crippen molar-refractivity contribution < 1.29 is 19.4 Å². The van der Waals surface area contributed by atoms with Gasteiger partial charge in [0.05, 0.1) is 6.61 Å². The molecule has 1 heterocycles. The molecular weight excluding hydrogens is 306 g/mol. The molecule has 1 aromatic rings. The lowest BCUT2D eigenvalue weighted by Crippen LogP contribution is -2.54. The number of aliphatic carboxylic acids is 1. The summed E-state index contributed by atoms with van der Waals surface area (Å²) < 4.78 is 5.88. The van der Waals surface area contributed by atoms with E-state index in [-0.39, 0.29) is 12.5 Å². The third-order valence-corrected chi connectivity index (χ3v) is 5.06. The van der Waals surface area contributed by atoms with Crippen LogP contribution in [0.3, 0.4) is 0 Å². The summed E-state index contributed by atoms with van der Waals surface area (Å²) in [6.07, 6.45) is 6.46. The van der Waals surface area contributed by atoms with Gasteiger partial charge in [0, 0.05) is 6.08 Å². The minimum absolute atomic E-state index is 0.0641. The van der Waals surface area contributed by atoms with Crippen molar-refractivity contribution in [3.8, 4) is 0 Å². The molecule has 1 atom stereocenters. The van der Waals surface area contributed by atoms with E-state index < -0.39 is 17.7 Å². The van der Waals surface area contributed by atoms with Crippen LogP contribution in [0.1, 0.15) is 38.2 Å². The molecule has 5 nitrogen and oxygen atoms in total. The highest BCUT2D eigenvalue weighted by Crippen LogP contribution is 2.42. The van der Waals surface area contributed by atoms with Crippen molar-refractivity contribution in [2.24, 2.45) is 5.92 Å². The van der Waals surface area contributed by atoms with Gasteiger partial charge in [-0.15, -0.1) is 0 Å². The number of carboxylic acid groups (broad SMARTS) is 1. The van der Waals surface area contributed by atoms with Gasteiger partial charge in [-0.1, -0.05) is 37.3 Å². The number of carbonyl (C=O) groups is 2. The van der Waals surface area contributed by atoms with E-state index in [0.717, 1.165) is 18.4 Å². The van der Waals surface area contributed by atoms with Gasteiger partial charge in [-0.3, -0.25) is 9.69 Å². The van der Waals surface area contributed by atoms with Gasteiger partial charge in [-0.2, -0.15) is 0 Å². The molecule has 3 rings (SSSR count). The molecule has 128 valence electrons. The molecule has 24 heavy (non-hydrogen) atoms. The van der Waals surface area contributed by atoms with E-state index in [2.05, 4.69) is 6.92 Å². The fourth-order valence-electron chi connectivity index (χ4n) is 3.61. The van der Waals surface area contributed by atoms with Crippen LogP contribution < -0.4 is 0 Å². The van der Waals surface area contributed by atoms with Gasteiger partial charge in [0.25, 0.3) is 0 Å². The van der Waals surface area contributed by atoms with Crippen LogP contribution in [0.15, 0.2) is 36.4 Å². The number of hydrogen-bond acceptors (Lipinski definition) is 3. The predicted octanol–water partition coefficient (Wildman–Crippen LogP) is 2.92. The summed E-state index contributed by atoms with van der Waals surface area (Å²) in [5, 5.41) is 9.49. The van der Waals surface area contributed by atoms with Gasteiger partial charge in [0.1, 0.15) is 5.72 Å². The van der Waals surface area contributed by atoms with Gasteiger partial charge < -0.3 is 9.84 Å². The maximum absolute atomic E-state index is 12.8. The Balaban J connectivity index is 1.83. The topological polar surface area (TPSA) is 66.8 Å². The molecule has 2 fully saturated rings. The number of ether oxygens (including phenoxy) is 1. The van der Waals surface area contributed by atoms with Crippen molar-refractivity contribution in [3.05, 3.63) is 42.0 Å². The molecule has 1 amide bonds. The number of rotatable bonds is 3. The molecule has 5 heteroatoms. The van der Waals surface area contributed by atoms with Crippen LogP contribution in [-0.2, 0) is 14.3 Å². The minimum Gasteiger partial charge on any atom is -0.480 e. The van der Waals surface area contributed by atoms with E-state index in [4.69, 9.17) is 4.74 Å². The summed E-state index contributed by atoms with van der Waals surface area (Å²) in [5.74, 6) is -0.717. The van der Waals surface area contributed by atoms with Crippen molar-refractivity contribution in [3.63, 3.8) is 0 Å².